The Morgan fingerprint density at radius 3 is 1.89 bits per heavy atom. The fourth-order valence-corrected chi connectivity index (χ4v) is 3.81. The lowest BCUT2D eigenvalue weighted by Crippen LogP contribution is -2.27. The van der Waals surface area contributed by atoms with Crippen LogP contribution in [0.2, 0.25) is 0 Å². The van der Waals surface area contributed by atoms with Crippen molar-refractivity contribution in [2.75, 3.05) is 19.8 Å². The molecular weight excluding hydrogens is 356 g/mol. The zero-order valence-corrected chi connectivity index (χ0v) is 18.1. The van der Waals surface area contributed by atoms with Crippen molar-refractivity contribution in [2.24, 2.45) is 17.8 Å². The largest absolute Gasteiger partial charge is 0.481 e. The highest BCUT2D eigenvalue weighted by Crippen LogP contribution is 2.29. The third kappa shape index (κ3) is 12.4. The van der Waals surface area contributed by atoms with Crippen molar-refractivity contribution in [3.05, 3.63) is 0 Å². The monoisotopic (exact) mass is 398 g/mol. The van der Waals surface area contributed by atoms with Gasteiger partial charge < -0.3 is 14.6 Å². The lowest BCUT2D eigenvalue weighted by Gasteiger charge is -2.24. The Labute approximate surface area is 171 Å². The van der Waals surface area contributed by atoms with Crippen LogP contribution in [0.25, 0.3) is 0 Å². The summed E-state index contributed by atoms with van der Waals surface area (Å²) in [5.41, 5.74) is 0. The van der Waals surface area contributed by atoms with Gasteiger partial charge in [0.1, 0.15) is 6.61 Å². The summed E-state index contributed by atoms with van der Waals surface area (Å²) in [6, 6.07) is 0. The molecule has 164 valence electrons. The molecular formula is C23H42O5. The second-order valence-corrected chi connectivity index (χ2v) is 8.68. The lowest BCUT2D eigenvalue weighted by molar-refractivity contribution is -0.153. The SMILES string of the molecule is CC(C)CCCCCCCCCCOCCOC(=O)C1CCC(C(=O)O)CC1. The number of ether oxygens (including phenoxy) is 2. The molecule has 0 saturated heterocycles. The molecule has 0 unspecified atom stereocenters. The second-order valence-electron chi connectivity index (χ2n) is 8.68. The maximum atomic E-state index is 12.0. The minimum absolute atomic E-state index is 0.138. The van der Waals surface area contributed by atoms with Gasteiger partial charge in [0, 0.05) is 6.61 Å². The fourth-order valence-electron chi connectivity index (χ4n) is 3.81. The predicted octanol–water partition coefficient (Wildman–Crippen LogP) is 5.60. The lowest BCUT2D eigenvalue weighted by atomic mass is 9.82. The van der Waals surface area contributed by atoms with Crippen LogP contribution in [0.1, 0.15) is 97.3 Å². The van der Waals surface area contributed by atoms with E-state index in [1.54, 1.807) is 0 Å². The first-order valence-electron chi connectivity index (χ1n) is 11.5. The number of carbonyl (C=O) groups is 2. The van der Waals surface area contributed by atoms with Gasteiger partial charge in [0.05, 0.1) is 18.4 Å². The van der Waals surface area contributed by atoms with Crippen LogP contribution in [0.15, 0.2) is 0 Å². The molecule has 1 aliphatic rings. The normalized spacial score (nSPS) is 19.7. The van der Waals surface area contributed by atoms with Gasteiger partial charge in [-0.15, -0.1) is 0 Å². The molecule has 0 aliphatic heterocycles. The molecule has 0 aromatic rings. The molecule has 5 heteroatoms. The van der Waals surface area contributed by atoms with Gasteiger partial charge in [-0.2, -0.15) is 0 Å². The average molecular weight is 399 g/mol. The molecule has 1 aliphatic carbocycles. The van der Waals surface area contributed by atoms with Crippen molar-refractivity contribution in [3.63, 3.8) is 0 Å². The summed E-state index contributed by atoms with van der Waals surface area (Å²) < 4.78 is 10.8. The van der Waals surface area contributed by atoms with E-state index in [0.29, 0.717) is 38.9 Å². The molecule has 0 heterocycles. The zero-order valence-electron chi connectivity index (χ0n) is 18.1. The molecule has 1 N–H and O–H groups in total. The molecule has 1 rings (SSSR count). The predicted molar refractivity (Wildman–Crippen MR) is 111 cm³/mol. The van der Waals surface area contributed by atoms with Gasteiger partial charge in [-0.3, -0.25) is 9.59 Å². The number of esters is 1. The highest BCUT2D eigenvalue weighted by molar-refractivity contribution is 5.74. The third-order valence-corrected chi connectivity index (χ3v) is 5.70. The van der Waals surface area contributed by atoms with Crippen LogP contribution in [0, 0.1) is 17.8 Å². The molecule has 0 aromatic heterocycles. The van der Waals surface area contributed by atoms with Gasteiger partial charge in [0.25, 0.3) is 0 Å². The number of carboxylic acid groups (broad SMARTS) is 1. The maximum Gasteiger partial charge on any atom is 0.309 e. The summed E-state index contributed by atoms with van der Waals surface area (Å²) in [5, 5.41) is 8.98. The van der Waals surface area contributed by atoms with E-state index in [2.05, 4.69) is 13.8 Å². The van der Waals surface area contributed by atoms with E-state index in [0.717, 1.165) is 18.9 Å². The molecule has 1 saturated carbocycles. The summed E-state index contributed by atoms with van der Waals surface area (Å²) in [5.74, 6) is -0.539. The fraction of sp³-hybridized carbons (Fsp3) is 0.913. The van der Waals surface area contributed by atoms with E-state index in [1.807, 2.05) is 0 Å². The average Bonchev–Trinajstić information content (AvgIpc) is 2.67. The van der Waals surface area contributed by atoms with Crippen LogP contribution in [0.4, 0.5) is 0 Å². The molecule has 0 spiro atoms. The van der Waals surface area contributed by atoms with Crippen molar-refractivity contribution in [1.82, 2.24) is 0 Å². The first-order valence-corrected chi connectivity index (χ1v) is 11.5. The van der Waals surface area contributed by atoms with Gasteiger partial charge in [-0.05, 0) is 38.0 Å². The molecule has 0 amide bonds. The molecule has 0 atom stereocenters. The third-order valence-electron chi connectivity index (χ3n) is 5.70. The van der Waals surface area contributed by atoms with E-state index in [4.69, 9.17) is 14.6 Å². The number of rotatable bonds is 16. The van der Waals surface area contributed by atoms with Crippen molar-refractivity contribution in [2.45, 2.75) is 97.3 Å². The Morgan fingerprint density at radius 2 is 1.32 bits per heavy atom. The summed E-state index contributed by atoms with van der Waals surface area (Å²) >= 11 is 0. The molecule has 28 heavy (non-hydrogen) atoms. The van der Waals surface area contributed by atoms with Crippen LogP contribution in [-0.2, 0) is 19.1 Å². The molecule has 1 fully saturated rings. The minimum Gasteiger partial charge on any atom is -0.481 e. The topological polar surface area (TPSA) is 72.8 Å². The van der Waals surface area contributed by atoms with Crippen LogP contribution in [0.3, 0.4) is 0 Å². The van der Waals surface area contributed by atoms with Gasteiger partial charge in [0.15, 0.2) is 0 Å². The Balaban J connectivity index is 1.83. The minimum atomic E-state index is -0.748. The van der Waals surface area contributed by atoms with Crippen molar-refractivity contribution < 1.29 is 24.2 Å². The highest BCUT2D eigenvalue weighted by Gasteiger charge is 2.30. The van der Waals surface area contributed by atoms with Gasteiger partial charge in [-0.25, -0.2) is 0 Å². The van der Waals surface area contributed by atoms with E-state index in [9.17, 15) is 9.59 Å². The summed E-state index contributed by atoms with van der Waals surface area (Å²) in [4.78, 5) is 22.9. The maximum absolute atomic E-state index is 12.0. The van der Waals surface area contributed by atoms with Gasteiger partial charge in [0.2, 0.25) is 0 Å². The number of hydrogen-bond donors (Lipinski definition) is 1. The van der Waals surface area contributed by atoms with Crippen molar-refractivity contribution >= 4 is 11.9 Å². The first kappa shape index (κ1) is 24.9. The Kier molecular flexibility index (Phi) is 14.1. The number of hydrogen-bond acceptors (Lipinski definition) is 4. The zero-order chi connectivity index (χ0) is 20.6. The van der Waals surface area contributed by atoms with Crippen LogP contribution < -0.4 is 0 Å². The van der Waals surface area contributed by atoms with E-state index in [-0.39, 0.29) is 17.8 Å². The second kappa shape index (κ2) is 15.8. The standard InChI is InChI=1S/C23H42O5/c1-19(2)11-9-7-5-3-4-6-8-10-16-27-17-18-28-23(26)21-14-12-20(13-15-21)22(24)25/h19-21H,3-18H2,1-2H3,(H,24,25). The molecule has 5 nitrogen and oxygen atoms in total. The van der Waals surface area contributed by atoms with Crippen LogP contribution in [-0.4, -0.2) is 36.9 Å². The molecule has 0 bridgehead atoms. The molecule has 0 aromatic carbocycles. The van der Waals surface area contributed by atoms with E-state index >= 15 is 0 Å². The van der Waals surface area contributed by atoms with Crippen molar-refractivity contribution in [3.8, 4) is 0 Å². The Bertz CT molecular complexity index is 413. The van der Waals surface area contributed by atoms with Crippen LogP contribution >= 0.6 is 0 Å². The van der Waals surface area contributed by atoms with Crippen LogP contribution in [0.5, 0.6) is 0 Å². The number of aliphatic carboxylic acids is 1. The number of carboxylic acids is 1. The van der Waals surface area contributed by atoms with E-state index < -0.39 is 5.97 Å². The summed E-state index contributed by atoms with van der Waals surface area (Å²) in [6.07, 6.45) is 14.1. The Morgan fingerprint density at radius 1 is 0.786 bits per heavy atom. The number of carbonyl (C=O) groups excluding carboxylic acids is 1. The van der Waals surface area contributed by atoms with Gasteiger partial charge >= 0.3 is 11.9 Å². The Hall–Kier alpha value is -1.10. The van der Waals surface area contributed by atoms with Gasteiger partial charge in [-0.1, -0.05) is 65.2 Å². The van der Waals surface area contributed by atoms with Crippen molar-refractivity contribution in [1.29, 1.82) is 0 Å². The summed E-state index contributed by atoms with van der Waals surface area (Å²) in [7, 11) is 0. The molecule has 0 radical (unpaired) electrons. The van der Waals surface area contributed by atoms with E-state index in [1.165, 1.54) is 51.4 Å². The first-order chi connectivity index (χ1) is 13.5. The number of unbranched alkanes of at least 4 members (excludes halogenated alkanes) is 7. The quantitative estimate of drug-likeness (QED) is 0.270. The smallest absolute Gasteiger partial charge is 0.309 e. The summed E-state index contributed by atoms with van der Waals surface area (Å²) in [6.45, 7) is 6.07. The highest BCUT2D eigenvalue weighted by atomic mass is 16.6.